The van der Waals surface area contributed by atoms with E-state index in [-0.39, 0.29) is 23.1 Å². The summed E-state index contributed by atoms with van der Waals surface area (Å²) in [5.74, 6) is -2.52. The summed E-state index contributed by atoms with van der Waals surface area (Å²) in [6, 6.07) is 4.84. The molecule has 5 rings (SSSR count). The molecule has 14 heteroatoms. The van der Waals surface area contributed by atoms with Gasteiger partial charge in [0.1, 0.15) is 17.1 Å². The Morgan fingerprint density at radius 1 is 1.38 bits per heavy atom. The first-order valence-corrected chi connectivity index (χ1v) is 12.7. The lowest BCUT2D eigenvalue weighted by Gasteiger charge is -2.50. The van der Waals surface area contributed by atoms with Gasteiger partial charge in [-0.3, -0.25) is 14.5 Å². The summed E-state index contributed by atoms with van der Waals surface area (Å²) in [5.41, 5.74) is 5.61. The fraction of sp³-hybridized carbons (Fsp3) is 0.200. The molecule has 3 aromatic rings. The van der Waals surface area contributed by atoms with Crippen molar-refractivity contribution in [1.29, 1.82) is 0 Å². The van der Waals surface area contributed by atoms with Gasteiger partial charge in [0.25, 0.3) is 16.6 Å². The maximum Gasteiger partial charge on any atom is 0.276 e. The van der Waals surface area contributed by atoms with Crippen molar-refractivity contribution in [2.75, 3.05) is 11.5 Å². The first kappa shape index (κ1) is 22.3. The summed E-state index contributed by atoms with van der Waals surface area (Å²) in [5, 5.41) is 30.8. The molecular weight excluding hydrogens is 500 g/mol. The predicted octanol–water partition coefficient (Wildman–Crippen LogP) is -0.490. The number of aliphatic carboxylic acids is 1. The standard InChI is InChI=1S/C20H16N6O5S3/c21-20-22-11(8-34-20)12(24-31)15(27)23-13-16(28)26-14(19(29)30)10(7-33-18(13)26)6-25-4-1-2-9-3-5-32-17(9)25/h1-5,8,13,18H,6-7H2,(H4-,21,22,23,27,29,30,31)/t13?,18-/m1/s1. The molecule has 4 N–H and O–H groups in total. The van der Waals surface area contributed by atoms with Crippen molar-refractivity contribution in [2.24, 2.45) is 5.16 Å². The number of nitrogens with two attached hydrogens (primary N) is 1. The molecule has 34 heavy (non-hydrogen) atoms. The zero-order valence-electron chi connectivity index (χ0n) is 17.2. The second kappa shape index (κ2) is 8.70. The molecule has 0 spiro atoms. The van der Waals surface area contributed by atoms with Crippen LogP contribution < -0.4 is 20.7 Å². The first-order valence-electron chi connectivity index (χ1n) is 9.87. The minimum Gasteiger partial charge on any atom is -0.543 e. The van der Waals surface area contributed by atoms with E-state index in [0.717, 1.165) is 26.5 Å². The number of anilines is 1. The first-order chi connectivity index (χ1) is 16.4. The van der Waals surface area contributed by atoms with E-state index in [1.807, 2.05) is 34.3 Å². The fourth-order valence-corrected chi connectivity index (χ4v) is 6.69. The van der Waals surface area contributed by atoms with Crippen LogP contribution in [0.15, 0.2) is 51.6 Å². The van der Waals surface area contributed by atoms with E-state index < -0.39 is 34.9 Å². The number of aromatic nitrogens is 2. The van der Waals surface area contributed by atoms with Crippen molar-refractivity contribution < 1.29 is 29.3 Å². The van der Waals surface area contributed by atoms with Crippen LogP contribution in [0, 0.1) is 0 Å². The molecule has 0 bridgehead atoms. The Morgan fingerprint density at radius 3 is 2.91 bits per heavy atom. The van der Waals surface area contributed by atoms with Gasteiger partial charge in [0.15, 0.2) is 23.6 Å². The Labute approximate surface area is 204 Å². The highest BCUT2D eigenvalue weighted by Gasteiger charge is 2.53. The smallest absolute Gasteiger partial charge is 0.276 e. The number of hydrogen-bond acceptors (Lipinski definition) is 11. The van der Waals surface area contributed by atoms with Crippen molar-refractivity contribution in [3.63, 3.8) is 0 Å². The monoisotopic (exact) mass is 516 g/mol. The van der Waals surface area contributed by atoms with Gasteiger partial charge in [0, 0.05) is 22.8 Å². The van der Waals surface area contributed by atoms with Crippen LogP contribution in [-0.4, -0.2) is 55.8 Å². The normalized spacial score (nSPS) is 20.3. The molecule has 2 aliphatic heterocycles. The number of hydrogen-bond donors (Lipinski definition) is 3. The number of rotatable bonds is 6. The predicted molar refractivity (Wildman–Crippen MR) is 124 cm³/mol. The van der Waals surface area contributed by atoms with Gasteiger partial charge in [0.2, 0.25) is 0 Å². The number of nitrogens with one attached hydrogen (secondary N) is 1. The second-order valence-electron chi connectivity index (χ2n) is 7.44. The van der Waals surface area contributed by atoms with E-state index in [0.29, 0.717) is 11.3 Å². The number of nitrogens with zero attached hydrogens (tertiary/aromatic N) is 4. The van der Waals surface area contributed by atoms with Gasteiger partial charge in [-0.15, -0.1) is 23.1 Å². The molecular formula is C20H16N6O5S3. The molecule has 2 atom stereocenters. The number of thiazole rings is 1. The summed E-state index contributed by atoms with van der Waals surface area (Å²) in [6.45, 7) is 0.286. The Hall–Kier alpha value is -3.49. The van der Waals surface area contributed by atoms with Crippen molar-refractivity contribution in [1.82, 2.24) is 15.2 Å². The lowest BCUT2D eigenvalue weighted by atomic mass is 10.0. The number of amides is 2. The van der Waals surface area contributed by atoms with Gasteiger partial charge in [-0.05, 0) is 17.5 Å². The van der Waals surface area contributed by atoms with Gasteiger partial charge in [0.05, 0.1) is 17.1 Å². The largest absolute Gasteiger partial charge is 0.543 e. The van der Waals surface area contributed by atoms with E-state index in [9.17, 15) is 24.7 Å². The molecule has 0 aromatic carbocycles. The lowest BCUT2D eigenvalue weighted by Crippen LogP contribution is -2.71. The highest BCUT2D eigenvalue weighted by Crippen LogP contribution is 2.40. The van der Waals surface area contributed by atoms with Gasteiger partial charge in [-0.2, -0.15) is 4.57 Å². The number of nitrogen functional groups attached to an aromatic ring is 1. The van der Waals surface area contributed by atoms with Gasteiger partial charge < -0.3 is 26.2 Å². The highest BCUT2D eigenvalue weighted by atomic mass is 32.2. The third kappa shape index (κ3) is 3.69. The molecule has 1 unspecified atom stereocenters. The number of fused-ring (bicyclic) bond motifs is 2. The van der Waals surface area contributed by atoms with E-state index in [2.05, 4.69) is 15.5 Å². The van der Waals surface area contributed by atoms with Gasteiger partial charge in [-0.25, -0.2) is 4.98 Å². The van der Waals surface area contributed by atoms with Crippen molar-refractivity contribution >= 4 is 73.3 Å². The molecule has 5 heterocycles. The maximum atomic E-state index is 12.9. The molecule has 174 valence electrons. The molecule has 0 saturated carbocycles. The van der Waals surface area contributed by atoms with E-state index in [4.69, 9.17) is 5.73 Å². The number of carbonyl (C=O) groups is 3. The Bertz CT molecular complexity index is 1400. The Balaban J connectivity index is 1.37. The molecule has 1 saturated heterocycles. The lowest BCUT2D eigenvalue weighted by molar-refractivity contribution is -0.661. The molecule has 1 fully saturated rings. The summed E-state index contributed by atoms with van der Waals surface area (Å²) in [7, 11) is 0. The summed E-state index contributed by atoms with van der Waals surface area (Å²) in [6.07, 6.45) is 1.86. The fourth-order valence-electron chi connectivity index (χ4n) is 3.93. The molecule has 2 amide bonds. The Morgan fingerprint density at radius 2 is 2.21 bits per heavy atom. The second-order valence-corrected chi connectivity index (χ2v) is 10.3. The average Bonchev–Trinajstić information content (AvgIpc) is 3.47. The molecule has 2 aliphatic rings. The number of oxime groups is 1. The van der Waals surface area contributed by atoms with Crippen LogP contribution >= 0.6 is 34.4 Å². The number of thioether (sulfide) groups is 1. The van der Waals surface area contributed by atoms with E-state index in [1.54, 1.807) is 0 Å². The minimum atomic E-state index is -1.45. The van der Waals surface area contributed by atoms with E-state index in [1.165, 1.54) is 28.5 Å². The van der Waals surface area contributed by atoms with Crippen LogP contribution in [0.2, 0.25) is 0 Å². The number of carbonyl (C=O) groups excluding carboxylic acids is 3. The van der Waals surface area contributed by atoms with Crippen LogP contribution in [0.1, 0.15) is 5.69 Å². The maximum absolute atomic E-state index is 12.9. The SMILES string of the molecule is Nc1nc(C(=NO)C(=O)NC2C(=O)N3C(C(=O)[O-])=C(C[n+]4cccc5ccsc54)CS[C@H]23)cs1. The van der Waals surface area contributed by atoms with Crippen LogP contribution in [0.4, 0.5) is 5.13 Å². The van der Waals surface area contributed by atoms with E-state index >= 15 is 0 Å². The van der Waals surface area contributed by atoms with Crippen LogP contribution in [-0.2, 0) is 20.9 Å². The summed E-state index contributed by atoms with van der Waals surface area (Å²) >= 11 is 3.94. The average molecular weight is 517 g/mol. The summed E-state index contributed by atoms with van der Waals surface area (Å²) < 4.78 is 1.94. The van der Waals surface area contributed by atoms with Crippen molar-refractivity contribution in [3.8, 4) is 0 Å². The summed E-state index contributed by atoms with van der Waals surface area (Å²) in [4.78, 5) is 43.6. The van der Waals surface area contributed by atoms with Crippen molar-refractivity contribution in [3.05, 3.63) is 52.1 Å². The molecule has 0 radical (unpaired) electrons. The number of β-lactam (4-membered cyclic amide) rings is 1. The third-order valence-electron chi connectivity index (χ3n) is 5.44. The highest BCUT2D eigenvalue weighted by molar-refractivity contribution is 8.00. The molecule has 0 aliphatic carbocycles. The van der Waals surface area contributed by atoms with Crippen LogP contribution in [0.3, 0.4) is 0 Å². The van der Waals surface area contributed by atoms with Crippen LogP contribution in [0.25, 0.3) is 10.2 Å². The van der Waals surface area contributed by atoms with Gasteiger partial charge in [-0.1, -0.05) is 16.5 Å². The number of thiophene rings is 1. The minimum absolute atomic E-state index is 0.0693. The quantitative estimate of drug-likeness (QED) is 0.130. The Kier molecular flexibility index (Phi) is 5.71. The zero-order chi connectivity index (χ0) is 24.0. The molecule has 11 nitrogen and oxygen atoms in total. The number of carboxylic acids is 1. The van der Waals surface area contributed by atoms with Crippen LogP contribution in [0.5, 0.6) is 0 Å². The van der Waals surface area contributed by atoms with Gasteiger partial charge >= 0.3 is 0 Å². The zero-order valence-corrected chi connectivity index (χ0v) is 19.7. The number of pyridine rings is 1. The third-order valence-corrected chi connectivity index (χ3v) is 8.42. The van der Waals surface area contributed by atoms with Crippen molar-refractivity contribution in [2.45, 2.75) is 18.0 Å². The number of carboxylic acid groups (broad SMARTS) is 1. The topological polar surface area (TPSA) is 165 Å². The molecule has 3 aromatic heterocycles.